The van der Waals surface area contributed by atoms with Crippen LogP contribution in [0.5, 0.6) is 0 Å². The predicted octanol–water partition coefficient (Wildman–Crippen LogP) is 5.72. The first-order chi connectivity index (χ1) is 13.7. The monoisotopic (exact) mass is 370 g/mol. The SMILES string of the molecule is CC(C)c1cccc(N(C=O)c2cccnc2Nc2ccc3cc[nH]c3c2)c1. The maximum atomic E-state index is 12.0. The fourth-order valence-electron chi connectivity index (χ4n) is 3.24. The van der Waals surface area contributed by atoms with Gasteiger partial charge in [-0.1, -0.05) is 32.0 Å². The minimum Gasteiger partial charge on any atom is -0.361 e. The van der Waals surface area contributed by atoms with Gasteiger partial charge < -0.3 is 10.3 Å². The Balaban J connectivity index is 1.71. The molecule has 0 aliphatic rings. The molecule has 0 atom stereocenters. The number of hydrogen-bond donors (Lipinski definition) is 2. The Morgan fingerprint density at radius 2 is 1.96 bits per heavy atom. The lowest BCUT2D eigenvalue weighted by molar-refractivity contribution is -0.106. The van der Waals surface area contributed by atoms with Crippen molar-refractivity contribution in [2.45, 2.75) is 19.8 Å². The molecule has 0 spiro atoms. The van der Waals surface area contributed by atoms with Gasteiger partial charge in [0.25, 0.3) is 0 Å². The van der Waals surface area contributed by atoms with Crippen molar-refractivity contribution in [2.24, 2.45) is 0 Å². The number of pyridine rings is 1. The van der Waals surface area contributed by atoms with E-state index < -0.39 is 0 Å². The van der Waals surface area contributed by atoms with Gasteiger partial charge in [-0.15, -0.1) is 0 Å². The number of carbonyl (C=O) groups excluding carboxylic acids is 1. The molecule has 28 heavy (non-hydrogen) atoms. The molecule has 2 N–H and O–H groups in total. The number of carbonyl (C=O) groups is 1. The molecule has 0 saturated heterocycles. The van der Waals surface area contributed by atoms with Gasteiger partial charge in [0.1, 0.15) is 0 Å². The molecule has 0 saturated carbocycles. The van der Waals surface area contributed by atoms with Crippen molar-refractivity contribution in [1.29, 1.82) is 0 Å². The predicted molar refractivity (Wildman–Crippen MR) is 115 cm³/mol. The number of benzene rings is 2. The molecule has 5 nitrogen and oxygen atoms in total. The van der Waals surface area contributed by atoms with E-state index in [-0.39, 0.29) is 0 Å². The molecule has 0 bridgehead atoms. The van der Waals surface area contributed by atoms with Gasteiger partial charge in [0.05, 0.1) is 5.69 Å². The van der Waals surface area contributed by atoms with Crippen LogP contribution in [0.4, 0.5) is 22.9 Å². The minimum absolute atomic E-state index is 0.382. The fraction of sp³-hybridized carbons (Fsp3) is 0.130. The highest BCUT2D eigenvalue weighted by molar-refractivity contribution is 5.92. The maximum Gasteiger partial charge on any atom is 0.218 e. The Kier molecular flexibility index (Phi) is 4.81. The van der Waals surface area contributed by atoms with Crippen molar-refractivity contribution in [2.75, 3.05) is 10.2 Å². The van der Waals surface area contributed by atoms with E-state index in [0.717, 1.165) is 28.7 Å². The Hall–Kier alpha value is -3.60. The summed E-state index contributed by atoms with van der Waals surface area (Å²) in [4.78, 5) is 21.3. The minimum atomic E-state index is 0.382. The number of amides is 1. The van der Waals surface area contributed by atoms with Crippen LogP contribution in [0.1, 0.15) is 25.3 Å². The Labute approximate surface area is 164 Å². The zero-order valence-electron chi connectivity index (χ0n) is 15.9. The number of aromatic amines is 1. The molecule has 0 radical (unpaired) electrons. The third-order valence-corrected chi connectivity index (χ3v) is 4.78. The molecule has 0 unspecified atom stereocenters. The summed E-state index contributed by atoms with van der Waals surface area (Å²) in [5, 5.41) is 4.49. The third-order valence-electron chi connectivity index (χ3n) is 4.78. The smallest absolute Gasteiger partial charge is 0.218 e. The molecule has 2 heterocycles. The highest BCUT2D eigenvalue weighted by Crippen LogP contribution is 2.33. The molecule has 1 amide bonds. The average molecular weight is 370 g/mol. The Morgan fingerprint density at radius 1 is 1.07 bits per heavy atom. The molecule has 0 fully saturated rings. The summed E-state index contributed by atoms with van der Waals surface area (Å²) in [6.07, 6.45) is 4.46. The quantitative estimate of drug-likeness (QED) is 0.426. The van der Waals surface area contributed by atoms with Gasteiger partial charge in [-0.2, -0.15) is 0 Å². The van der Waals surface area contributed by atoms with E-state index in [9.17, 15) is 4.79 Å². The molecule has 0 aliphatic carbocycles. The first-order valence-corrected chi connectivity index (χ1v) is 9.29. The van der Waals surface area contributed by atoms with Crippen LogP contribution in [0.15, 0.2) is 73.1 Å². The van der Waals surface area contributed by atoms with Gasteiger partial charge in [0.15, 0.2) is 5.82 Å². The van der Waals surface area contributed by atoms with Gasteiger partial charge in [0, 0.05) is 29.3 Å². The van der Waals surface area contributed by atoms with Crippen LogP contribution in [0.3, 0.4) is 0 Å². The van der Waals surface area contributed by atoms with Crippen molar-refractivity contribution in [1.82, 2.24) is 9.97 Å². The van der Waals surface area contributed by atoms with E-state index in [1.165, 1.54) is 5.56 Å². The van der Waals surface area contributed by atoms with Crippen LogP contribution < -0.4 is 10.2 Å². The number of H-pyrrole nitrogens is 1. The highest BCUT2D eigenvalue weighted by atomic mass is 16.1. The van der Waals surface area contributed by atoms with Crippen molar-refractivity contribution < 1.29 is 4.79 Å². The van der Waals surface area contributed by atoms with Crippen LogP contribution >= 0.6 is 0 Å². The molecular formula is C23H22N4O. The van der Waals surface area contributed by atoms with E-state index in [2.05, 4.69) is 35.2 Å². The first kappa shape index (κ1) is 17.8. The van der Waals surface area contributed by atoms with Crippen molar-refractivity contribution in [3.63, 3.8) is 0 Å². The van der Waals surface area contributed by atoms with Gasteiger partial charge in [0.2, 0.25) is 6.41 Å². The van der Waals surface area contributed by atoms with Crippen LogP contribution in [0.25, 0.3) is 10.9 Å². The molecule has 2 aromatic heterocycles. The Morgan fingerprint density at radius 3 is 2.79 bits per heavy atom. The molecule has 5 heteroatoms. The zero-order chi connectivity index (χ0) is 19.5. The number of rotatable bonds is 6. The number of nitrogens with zero attached hydrogens (tertiary/aromatic N) is 2. The van der Waals surface area contributed by atoms with Gasteiger partial charge in [-0.05, 0) is 59.3 Å². The summed E-state index contributed by atoms with van der Waals surface area (Å²) >= 11 is 0. The largest absolute Gasteiger partial charge is 0.361 e. The summed E-state index contributed by atoms with van der Waals surface area (Å²) < 4.78 is 0. The standard InChI is InChI=1S/C23H22N4O/c1-16(2)18-5-3-6-20(13-18)27(15-28)22-7-4-11-25-23(22)26-19-9-8-17-10-12-24-21(17)14-19/h3-16,24H,1-2H3,(H,25,26). The lowest BCUT2D eigenvalue weighted by Gasteiger charge is -2.22. The zero-order valence-corrected chi connectivity index (χ0v) is 15.9. The summed E-state index contributed by atoms with van der Waals surface area (Å²) in [6, 6.07) is 19.8. The second-order valence-corrected chi connectivity index (χ2v) is 7.00. The fourth-order valence-corrected chi connectivity index (χ4v) is 3.24. The van der Waals surface area contributed by atoms with E-state index >= 15 is 0 Å². The first-order valence-electron chi connectivity index (χ1n) is 9.29. The second-order valence-electron chi connectivity index (χ2n) is 7.00. The number of hydrogen-bond acceptors (Lipinski definition) is 3. The lowest BCUT2D eigenvalue weighted by atomic mass is 10.0. The average Bonchev–Trinajstić information content (AvgIpc) is 3.18. The van der Waals surface area contributed by atoms with E-state index in [1.807, 2.05) is 60.8 Å². The highest BCUT2D eigenvalue weighted by Gasteiger charge is 2.15. The summed E-state index contributed by atoms with van der Waals surface area (Å²) in [5.74, 6) is 1.00. The van der Waals surface area contributed by atoms with Crippen LogP contribution in [0, 0.1) is 0 Å². The molecule has 140 valence electrons. The van der Waals surface area contributed by atoms with Gasteiger partial charge >= 0.3 is 0 Å². The van der Waals surface area contributed by atoms with Crippen LogP contribution in [0.2, 0.25) is 0 Å². The summed E-state index contributed by atoms with van der Waals surface area (Å²) in [6.45, 7) is 4.27. The van der Waals surface area contributed by atoms with Crippen molar-refractivity contribution in [3.8, 4) is 0 Å². The Bertz CT molecular complexity index is 1120. The van der Waals surface area contributed by atoms with Crippen LogP contribution in [-0.2, 0) is 4.79 Å². The number of anilines is 4. The van der Waals surface area contributed by atoms with Gasteiger partial charge in [-0.25, -0.2) is 4.98 Å². The van der Waals surface area contributed by atoms with E-state index in [0.29, 0.717) is 17.4 Å². The summed E-state index contributed by atoms with van der Waals surface area (Å²) in [7, 11) is 0. The molecule has 0 aliphatic heterocycles. The molecule has 4 rings (SSSR count). The normalized spacial score (nSPS) is 11.0. The molecular weight excluding hydrogens is 348 g/mol. The van der Waals surface area contributed by atoms with Gasteiger partial charge in [-0.3, -0.25) is 9.69 Å². The maximum absolute atomic E-state index is 12.0. The number of fused-ring (bicyclic) bond motifs is 1. The van der Waals surface area contributed by atoms with E-state index in [1.54, 1.807) is 11.1 Å². The molecule has 4 aromatic rings. The summed E-state index contributed by atoms with van der Waals surface area (Å²) in [5.41, 5.74) is 4.64. The molecule has 2 aromatic carbocycles. The van der Waals surface area contributed by atoms with E-state index in [4.69, 9.17) is 0 Å². The van der Waals surface area contributed by atoms with Crippen LogP contribution in [-0.4, -0.2) is 16.4 Å². The van der Waals surface area contributed by atoms with Crippen molar-refractivity contribution in [3.05, 3.63) is 78.6 Å². The number of aromatic nitrogens is 2. The van der Waals surface area contributed by atoms with Crippen molar-refractivity contribution >= 4 is 40.2 Å². The lowest BCUT2D eigenvalue weighted by Crippen LogP contribution is -2.16. The topological polar surface area (TPSA) is 61.0 Å². The third kappa shape index (κ3) is 3.47. The second kappa shape index (κ2) is 7.56. The number of nitrogens with one attached hydrogen (secondary N) is 2.